The highest BCUT2D eigenvalue weighted by Crippen LogP contribution is 2.49. The number of nitrogens with one attached hydrogen (secondary N) is 1. The summed E-state index contributed by atoms with van der Waals surface area (Å²) in [5.41, 5.74) is 1.76. The van der Waals surface area contributed by atoms with Crippen molar-refractivity contribution in [2.75, 3.05) is 13.7 Å². The number of hydrogen-bond donors (Lipinski definition) is 1. The Morgan fingerprint density at radius 3 is 2.72 bits per heavy atom. The van der Waals surface area contributed by atoms with Crippen molar-refractivity contribution in [1.82, 2.24) is 5.32 Å². The van der Waals surface area contributed by atoms with Crippen molar-refractivity contribution in [3.05, 3.63) is 28.2 Å². The largest absolute Gasteiger partial charge is 0.496 e. The van der Waals surface area contributed by atoms with Crippen molar-refractivity contribution in [1.29, 1.82) is 0 Å². The first-order valence-electron chi connectivity index (χ1n) is 6.65. The zero-order valence-electron chi connectivity index (χ0n) is 11.4. The summed E-state index contributed by atoms with van der Waals surface area (Å²) in [6.45, 7) is 5.58. The molecule has 0 radical (unpaired) electrons. The SMILES string of the molecule is CCNC(Cc1cc(Br)ccc1OC)C1(C)CC1. The molecule has 1 aromatic carbocycles. The molecule has 0 heterocycles. The summed E-state index contributed by atoms with van der Waals surface area (Å²) in [6.07, 6.45) is 3.70. The summed E-state index contributed by atoms with van der Waals surface area (Å²) in [5.74, 6) is 0.991. The zero-order chi connectivity index (χ0) is 13.2. The summed E-state index contributed by atoms with van der Waals surface area (Å²) < 4.78 is 6.58. The maximum atomic E-state index is 5.46. The lowest BCUT2D eigenvalue weighted by atomic mass is 9.92. The van der Waals surface area contributed by atoms with E-state index in [-0.39, 0.29) is 0 Å². The minimum Gasteiger partial charge on any atom is -0.496 e. The molecule has 0 amide bonds. The molecule has 100 valence electrons. The Kier molecular flexibility index (Phi) is 4.33. The lowest BCUT2D eigenvalue weighted by Gasteiger charge is -2.25. The van der Waals surface area contributed by atoms with Crippen molar-refractivity contribution in [2.45, 2.75) is 39.2 Å². The van der Waals surface area contributed by atoms with Crippen LogP contribution < -0.4 is 10.1 Å². The van der Waals surface area contributed by atoms with Crippen LogP contribution in [0.5, 0.6) is 5.75 Å². The molecule has 1 unspecified atom stereocenters. The fraction of sp³-hybridized carbons (Fsp3) is 0.600. The fourth-order valence-electron chi connectivity index (χ4n) is 2.48. The van der Waals surface area contributed by atoms with Crippen LogP contribution in [-0.4, -0.2) is 19.7 Å². The summed E-state index contributed by atoms with van der Waals surface area (Å²) >= 11 is 3.54. The number of ether oxygens (including phenoxy) is 1. The molecule has 1 aliphatic rings. The molecule has 2 rings (SSSR count). The van der Waals surface area contributed by atoms with E-state index in [1.54, 1.807) is 7.11 Å². The monoisotopic (exact) mass is 311 g/mol. The van der Waals surface area contributed by atoms with E-state index in [9.17, 15) is 0 Å². The number of hydrogen-bond acceptors (Lipinski definition) is 2. The Balaban J connectivity index is 2.17. The molecule has 0 aromatic heterocycles. The van der Waals surface area contributed by atoms with E-state index in [0.717, 1.165) is 23.2 Å². The maximum Gasteiger partial charge on any atom is 0.122 e. The molecule has 1 N–H and O–H groups in total. The van der Waals surface area contributed by atoms with Crippen LogP contribution in [0.3, 0.4) is 0 Å². The second kappa shape index (κ2) is 5.62. The van der Waals surface area contributed by atoms with E-state index >= 15 is 0 Å². The van der Waals surface area contributed by atoms with Gasteiger partial charge in [0.1, 0.15) is 5.75 Å². The topological polar surface area (TPSA) is 21.3 Å². The number of likely N-dealkylation sites (N-methyl/N-ethyl adjacent to an activating group) is 1. The second-order valence-electron chi connectivity index (χ2n) is 5.42. The quantitative estimate of drug-likeness (QED) is 0.863. The predicted molar refractivity (Wildman–Crippen MR) is 79.2 cm³/mol. The van der Waals surface area contributed by atoms with Crippen LogP contribution in [0, 0.1) is 5.41 Å². The van der Waals surface area contributed by atoms with Crippen molar-refractivity contribution < 1.29 is 4.74 Å². The molecule has 1 aromatic rings. The van der Waals surface area contributed by atoms with Gasteiger partial charge in [0.15, 0.2) is 0 Å². The van der Waals surface area contributed by atoms with Gasteiger partial charge in [0.2, 0.25) is 0 Å². The molecule has 0 spiro atoms. The third-order valence-electron chi connectivity index (χ3n) is 4.00. The van der Waals surface area contributed by atoms with Gasteiger partial charge in [0.25, 0.3) is 0 Å². The molecule has 2 nitrogen and oxygen atoms in total. The van der Waals surface area contributed by atoms with Gasteiger partial charge in [-0.15, -0.1) is 0 Å². The molecule has 3 heteroatoms. The molecule has 1 fully saturated rings. The Bertz CT molecular complexity index is 415. The van der Waals surface area contributed by atoms with Crippen LogP contribution in [0.1, 0.15) is 32.3 Å². The Morgan fingerprint density at radius 2 is 2.17 bits per heavy atom. The van der Waals surface area contributed by atoms with E-state index in [1.165, 1.54) is 18.4 Å². The molecule has 0 saturated heterocycles. The molecule has 0 bridgehead atoms. The van der Waals surface area contributed by atoms with Crippen LogP contribution in [0.2, 0.25) is 0 Å². The smallest absolute Gasteiger partial charge is 0.122 e. The van der Waals surface area contributed by atoms with Gasteiger partial charge in [-0.2, -0.15) is 0 Å². The van der Waals surface area contributed by atoms with Crippen LogP contribution in [0.4, 0.5) is 0 Å². The lowest BCUT2D eigenvalue weighted by Crippen LogP contribution is -2.38. The molecule has 1 aliphatic carbocycles. The zero-order valence-corrected chi connectivity index (χ0v) is 13.0. The minimum atomic E-state index is 0.476. The van der Waals surface area contributed by atoms with E-state index in [0.29, 0.717) is 11.5 Å². The summed E-state index contributed by atoms with van der Waals surface area (Å²) in [6, 6.07) is 6.79. The van der Waals surface area contributed by atoms with Crippen LogP contribution in [0.15, 0.2) is 22.7 Å². The van der Waals surface area contributed by atoms with Gasteiger partial charge in [0, 0.05) is 10.5 Å². The minimum absolute atomic E-state index is 0.476. The van der Waals surface area contributed by atoms with Gasteiger partial charge < -0.3 is 10.1 Å². The highest BCUT2D eigenvalue weighted by atomic mass is 79.9. The molecule has 0 aliphatic heterocycles. The van der Waals surface area contributed by atoms with E-state index < -0.39 is 0 Å². The van der Waals surface area contributed by atoms with E-state index in [1.807, 2.05) is 12.1 Å². The van der Waals surface area contributed by atoms with Crippen molar-refractivity contribution in [3.63, 3.8) is 0 Å². The standard InChI is InChI=1S/C15H22BrNO/c1-4-17-14(15(2)7-8-15)10-11-9-12(16)5-6-13(11)18-3/h5-6,9,14,17H,4,7-8,10H2,1-3H3. The average Bonchev–Trinajstić information content (AvgIpc) is 3.08. The highest BCUT2D eigenvalue weighted by Gasteiger charge is 2.44. The van der Waals surface area contributed by atoms with Crippen LogP contribution in [-0.2, 0) is 6.42 Å². The first-order valence-corrected chi connectivity index (χ1v) is 7.44. The van der Waals surface area contributed by atoms with Gasteiger partial charge in [-0.25, -0.2) is 0 Å². The fourth-order valence-corrected chi connectivity index (χ4v) is 2.89. The average molecular weight is 312 g/mol. The van der Waals surface area contributed by atoms with Crippen LogP contribution >= 0.6 is 15.9 Å². The van der Waals surface area contributed by atoms with Gasteiger partial charge >= 0.3 is 0 Å². The highest BCUT2D eigenvalue weighted by molar-refractivity contribution is 9.10. The third kappa shape index (κ3) is 3.07. The van der Waals surface area contributed by atoms with E-state index in [2.05, 4.69) is 41.2 Å². The second-order valence-corrected chi connectivity index (χ2v) is 6.34. The summed E-state index contributed by atoms with van der Waals surface area (Å²) in [5, 5.41) is 3.63. The Morgan fingerprint density at radius 1 is 1.44 bits per heavy atom. The van der Waals surface area contributed by atoms with Gasteiger partial charge in [-0.05, 0) is 55.0 Å². The Hall–Kier alpha value is -0.540. The lowest BCUT2D eigenvalue weighted by molar-refractivity contribution is 0.351. The van der Waals surface area contributed by atoms with E-state index in [4.69, 9.17) is 4.74 Å². The van der Waals surface area contributed by atoms with Gasteiger partial charge in [-0.1, -0.05) is 29.8 Å². The molecular weight excluding hydrogens is 290 g/mol. The predicted octanol–water partition coefficient (Wildman–Crippen LogP) is 3.78. The van der Waals surface area contributed by atoms with Crippen molar-refractivity contribution in [3.8, 4) is 5.75 Å². The number of benzene rings is 1. The molecular formula is C15H22BrNO. The third-order valence-corrected chi connectivity index (χ3v) is 4.49. The summed E-state index contributed by atoms with van der Waals surface area (Å²) in [7, 11) is 1.74. The number of rotatable bonds is 6. The number of methoxy groups -OCH3 is 1. The normalized spacial score (nSPS) is 18.4. The Labute approximate surface area is 118 Å². The maximum absolute atomic E-state index is 5.46. The van der Waals surface area contributed by atoms with Crippen LogP contribution in [0.25, 0.3) is 0 Å². The number of halogens is 1. The molecule has 1 saturated carbocycles. The van der Waals surface area contributed by atoms with Crippen molar-refractivity contribution in [2.24, 2.45) is 5.41 Å². The first-order chi connectivity index (χ1) is 8.59. The summed E-state index contributed by atoms with van der Waals surface area (Å²) in [4.78, 5) is 0. The first kappa shape index (κ1) is 13.9. The van der Waals surface area contributed by atoms with Crippen molar-refractivity contribution >= 4 is 15.9 Å². The van der Waals surface area contributed by atoms with Gasteiger partial charge in [-0.3, -0.25) is 0 Å². The molecule has 18 heavy (non-hydrogen) atoms. The molecule has 1 atom stereocenters. The van der Waals surface area contributed by atoms with Gasteiger partial charge in [0.05, 0.1) is 7.11 Å².